The summed E-state index contributed by atoms with van der Waals surface area (Å²) < 4.78 is 1.76. The quantitative estimate of drug-likeness (QED) is 0.358. The Kier molecular flexibility index (Phi) is 4.47. The lowest BCUT2D eigenvalue weighted by Crippen LogP contribution is -2.23. The van der Waals surface area contributed by atoms with E-state index in [9.17, 15) is 9.59 Å². The molecule has 0 N–H and O–H groups in total. The molecule has 0 unspecified atom stereocenters. The van der Waals surface area contributed by atoms with E-state index in [1.165, 1.54) is 0 Å². The van der Waals surface area contributed by atoms with Crippen molar-refractivity contribution in [2.24, 2.45) is 0 Å². The maximum atomic E-state index is 13.0. The fourth-order valence-electron chi connectivity index (χ4n) is 4.30. The molecule has 0 radical (unpaired) electrons. The molecule has 2 aromatic carbocycles. The van der Waals surface area contributed by atoms with Gasteiger partial charge in [-0.3, -0.25) is 19.1 Å². The summed E-state index contributed by atoms with van der Waals surface area (Å²) in [4.78, 5) is 31.9. The molecule has 0 aliphatic carbocycles. The molecule has 0 saturated heterocycles. The van der Waals surface area contributed by atoms with E-state index < -0.39 is 0 Å². The Bertz CT molecular complexity index is 1460. The Balaban J connectivity index is 1.68. The lowest BCUT2D eigenvalue weighted by atomic mass is 10.1. The molecule has 1 aliphatic heterocycles. The van der Waals surface area contributed by atoms with E-state index in [1.807, 2.05) is 68.3 Å². The van der Waals surface area contributed by atoms with Crippen molar-refractivity contribution in [1.82, 2.24) is 14.5 Å². The van der Waals surface area contributed by atoms with Gasteiger partial charge in [-0.1, -0.05) is 23.3 Å². The molecule has 2 aromatic heterocycles. The standard InChI is InChI=1S/C26H23N3O2/c1-16(2)10-25(31)28-14-19-5-7-21(12-20(19)15-28)29-24(30)9-6-18-13-27-23-8-4-17(3)11-22(23)26(18)29/h4-13H,14-15H2,1-3H3. The van der Waals surface area contributed by atoms with Gasteiger partial charge in [0.15, 0.2) is 0 Å². The molecule has 4 aromatic rings. The Hall–Kier alpha value is -3.73. The zero-order chi connectivity index (χ0) is 21.7. The van der Waals surface area contributed by atoms with Gasteiger partial charge in [0, 0.05) is 47.9 Å². The van der Waals surface area contributed by atoms with Crippen LogP contribution in [0.5, 0.6) is 0 Å². The number of benzene rings is 2. The number of nitrogens with zero attached hydrogens (tertiary/aromatic N) is 3. The summed E-state index contributed by atoms with van der Waals surface area (Å²) in [5, 5.41) is 1.87. The minimum Gasteiger partial charge on any atom is -0.330 e. The summed E-state index contributed by atoms with van der Waals surface area (Å²) in [5.74, 6) is 0.0209. The molecule has 5 nitrogen and oxygen atoms in total. The number of rotatable bonds is 2. The third-order valence-electron chi connectivity index (χ3n) is 5.77. The molecule has 0 spiro atoms. The fraction of sp³-hybridized carbons (Fsp3) is 0.192. The first-order valence-electron chi connectivity index (χ1n) is 10.4. The molecule has 5 rings (SSSR count). The fourth-order valence-corrected chi connectivity index (χ4v) is 4.30. The van der Waals surface area contributed by atoms with E-state index in [4.69, 9.17) is 0 Å². The normalized spacial score (nSPS) is 12.9. The second-order valence-corrected chi connectivity index (χ2v) is 8.46. The summed E-state index contributed by atoms with van der Waals surface area (Å²) in [6.07, 6.45) is 3.49. The predicted molar refractivity (Wildman–Crippen MR) is 123 cm³/mol. The van der Waals surface area contributed by atoms with Crippen LogP contribution in [0, 0.1) is 6.92 Å². The molecule has 5 heteroatoms. The molecule has 1 aliphatic rings. The SMILES string of the molecule is CC(C)=CC(=O)N1Cc2ccc(-n3c(=O)ccc4cnc5ccc(C)cc5c43)cc2C1. The number of aryl methyl sites for hydroxylation is 1. The van der Waals surface area contributed by atoms with Crippen molar-refractivity contribution in [3.05, 3.63) is 93.4 Å². The zero-order valence-corrected chi connectivity index (χ0v) is 17.8. The minimum absolute atomic E-state index is 0.0209. The Morgan fingerprint density at radius 2 is 1.81 bits per heavy atom. The van der Waals surface area contributed by atoms with Crippen LogP contribution in [-0.4, -0.2) is 20.4 Å². The van der Waals surface area contributed by atoms with Crippen LogP contribution in [0.25, 0.3) is 27.5 Å². The van der Waals surface area contributed by atoms with E-state index in [0.29, 0.717) is 13.1 Å². The average molecular weight is 409 g/mol. The topological polar surface area (TPSA) is 55.2 Å². The number of fused-ring (bicyclic) bond motifs is 4. The van der Waals surface area contributed by atoms with Crippen LogP contribution < -0.4 is 5.56 Å². The van der Waals surface area contributed by atoms with Gasteiger partial charge in [0.1, 0.15) is 0 Å². The van der Waals surface area contributed by atoms with Gasteiger partial charge in [-0.15, -0.1) is 0 Å². The van der Waals surface area contributed by atoms with E-state index in [2.05, 4.69) is 11.1 Å². The highest BCUT2D eigenvalue weighted by Gasteiger charge is 2.23. The van der Waals surface area contributed by atoms with E-state index >= 15 is 0 Å². The van der Waals surface area contributed by atoms with E-state index in [1.54, 1.807) is 16.7 Å². The van der Waals surface area contributed by atoms with Gasteiger partial charge in [-0.2, -0.15) is 0 Å². The number of hydrogen-bond donors (Lipinski definition) is 0. The number of aromatic nitrogens is 2. The molecule has 3 heterocycles. The molecular weight excluding hydrogens is 386 g/mol. The summed E-state index contributed by atoms with van der Waals surface area (Å²) >= 11 is 0. The molecule has 1 amide bonds. The van der Waals surface area contributed by atoms with Crippen molar-refractivity contribution < 1.29 is 4.79 Å². The maximum Gasteiger partial charge on any atom is 0.255 e. The summed E-state index contributed by atoms with van der Waals surface area (Å²) in [5.41, 5.74) is 6.73. The molecule has 0 fully saturated rings. The van der Waals surface area contributed by atoms with Crippen LogP contribution in [0.1, 0.15) is 30.5 Å². The monoisotopic (exact) mass is 409 g/mol. The Labute approximate surface area is 180 Å². The molecule has 31 heavy (non-hydrogen) atoms. The van der Waals surface area contributed by atoms with Gasteiger partial charge >= 0.3 is 0 Å². The number of pyridine rings is 2. The molecule has 0 atom stereocenters. The highest BCUT2D eigenvalue weighted by Crippen LogP contribution is 2.29. The second kappa shape index (κ2) is 7.20. The van der Waals surface area contributed by atoms with Gasteiger partial charge in [0.25, 0.3) is 5.56 Å². The van der Waals surface area contributed by atoms with Crippen LogP contribution in [0.2, 0.25) is 0 Å². The highest BCUT2D eigenvalue weighted by atomic mass is 16.2. The van der Waals surface area contributed by atoms with Crippen LogP contribution in [0.15, 0.2) is 71.2 Å². The third kappa shape index (κ3) is 3.32. The first-order chi connectivity index (χ1) is 14.9. The number of hydrogen-bond acceptors (Lipinski definition) is 3. The van der Waals surface area contributed by atoms with Gasteiger partial charge in [0.2, 0.25) is 5.91 Å². The van der Waals surface area contributed by atoms with Crippen molar-refractivity contribution >= 4 is 27.7 Å². The van der Waals surface area contributed by atoms with Crippen molar-refractivity contribution in [3.63, 3.8) is 0 Å². The molecule has 0 saturated carbocycles. The van der Waals surface area contributed by atoms with E-state index in [-0.39, 0.29) is 11.5 Å². The number of carbonyl (C=O) groups is 1. The lowest BCUT2D eigenvalue weighted by molar-refractivity contribution is -0.126. The third-order valence-corrected chi connectivity index (χ3v) is 5.77. The van der Waals surface area contributed by atoms with E-state index in [0.717, 1.165) is 49.8 Å². The average Bonchev–Trinajstić information content (AvgIpc) is 3.16. The lowest BCUT2D eigenvalue weighted by Gasteiger charge is -2.14. The predicted octanol–water partition coefficient (Wildman–Crippen LogP) is 4.66. The highest BCUT2D eigenvalue weighted by molar-refractivity contribution is 6.04. The largest absolute Gasteiger partial charge is 0.330 e. The van der Waals surface area contributed by atoms with Crippen molar-refractivity contribution in [3.8, 4) is 5.69 Å². The molecule has 0 bridgehead atoms. The van der Waals surface area contributed by atoms with Gasteiger partial charge in [-0.25, -0.2) is 0 Å². The van der Waals surface area contributed by atoms with Crippen molar-refractivity contribution in [2.75, 3.05) is 0 Å². The second-order valence-electron chi connectivity index (χ2n) is 8.46. The van der Waals surface area contributed by atoms with Crippen molar-refractivity contribution in [2.45, 2.75) is 33.9 Å². The number of carbonyl (C=O) groups excluding carboxylic acids is 1. The smallest absolute Gasteiger partial charge is 0.255 e. The number of amides is 1. The Morgan fingerprint density at radius 3 is 2.61 bits per heavy atom. The number of allylic oxidation sites excluding steroid dienone is 1. The summed E-state index contributed by atoms with van der Waals surface area (Å²) in [7, 11) is 0. The minimum atomic E-state index is -0.0862. The molecule has 154 valence electrons. The van der Waals surface area contributed by atoms with Crippen LogP contribution in [0.3, 0.4) is 0 Å². The first kappa shape index (κ1) is 19.2. The summed E-state index contributed by atoms with van der Waals surface area (Å²) in [6, 6.07) is 15.5. The van der Waals surface area contributed by atoms with Crippen LogP contribution in [0.4, 0.5) is 0 Å². The van der Waals surface area contributed by atoms with Crippen LogP contribution >= 0.6 is 0 Å². The van der Waals surface area contributed by atoms with Gasteiger partial charge in [-0.05, 0) is 62.2 Å². The van der Waals surface area contributed by atoms with Crippen LogP contribution in [-0.2, 0) is 17.9 Å². The Morgan fingerprint density at radius 1 is 1.00 bits per heavy atom. The maximum absolute atomic E-state index is 13.0. The summed E-state index contributed by atoms with van der Waals surface area (Å²) in [6.45, 7) is 7.03. The first-order valence-corrected chi connectivity index (χ1v) is 10.4. The molecular formula is C26H23N3O2. The zero-order valence-electron chi connectivity index (χ0n) is 17.8. The van der Waals surface area contributed by atoms with Gasteiger partial charge in [0.05, 0.1) is 11.0 Å². The van der Waals surface area contributed by atoms with Gasteiger partial charge < -0.3 is 4.90 Å². The van der Waals surface area contributed by atoms with Crippen molar-refractivity contribution in [1.29, 1.82) is 0 Å².